The molecule has 0 aliphatic rings. The zero-order valence-electron chi connectivity index (χ0n) is 16.4. The molecule has 2 aromatic carbocycles. The van der Waals surface area contributed by atoms with Gasteiger partial charge in [0.15, 0.2) is 11.5 Å². The standard InChI is InChI=1S/C22H20N4O2S/c1-14-8-7-9-15(12-14)13-29-20-17-19(25(2)22(28)26(3)21(17)27)23-18(24-20)16-10-5-4-6-11-16/h4-12H,13H2,1-3H3. The van der Waals surface area contributed by atoms with Crippen LogP contribution in [0.2, 0.25) is 0 Å². The highest BCUT2D eigenvalue weighted by atomic mass is 32.2. The van der Waals surface area contributed by atoms with Crippen LogP contribution in [0.15, 0.2) is 69.2 Å². The molecule has 29 heavy (non-hydrogen) atoms. The maximum Gasteiger partial charge on any atom is 0.332 e. The molecule has 0 radical (unpaired) electrons. The Hall–Kier alpha value is -3.19. The van der Waals surface area contributed by atoms with E-state index in [1.807, 2.05) is 49.4 Å². The molecule has 0 amide bonds. The maximum atomic E-state index is 12.9. The van der Waals surface area contributed by atoms with Crippen molar-refractivity contribution in [3.8, 4) is 11.4 Å². The van der Waals surface area contributed by atoms with Crippen LogP contribution in [0.1, 0.15) is 11.1 Å². The van der Waals surface area contributed by atoms with Crippen molar-refractivity contribution in [3.63, 3.8) is 0 Å². The van der Waals surface area contributed by atoms with Crippen LogP contribution >= 0.6 is 11.8 Å². The number of rotatable bonds is 4. The second-order valence-corrected chi connectivity index (χ2v) is 7.86. The third-order valence-electron chi connectivity index (χ3n) is 4.76. The highest BCUT2D eigenvalue weighted by Crippen LogP contribution is 2.28. The lowest BCUT2D eigenvalue weighted by Crippen LogP contribution is -2.37. The van der Waals surface area contributed by atoms with Crippen molar-refractivity contribution in [3.05, 3.63) is 86.6 Å². The van der Waals surface area contributed by atoms with Crippen LogP contribution < -0.4 is 11.2 Å². The molecule has 2 aromatic heterocycles. The lowest BCUT2D eigenvalue weighted by atomic mass is 10.2. The Kier molecular flexibility index (Phi) is 5.07. The maximum absolute atomic E-state index is 12.9. The summed E-state index contributed by atoms with van der Waals surface area (Å²) in [7, 11) is 3.10. The average molecular weight is 404 g/mol. The summed E-state index contributed by atoms with van der Waals surface area (Å²) in [5.41, 5.74) is 2.71. The summed E-state index contributed by atoms with van der Waals surface area (Å²) in [6.07, 6.45) is 0. The number of aryl methyl sites for hydroxylation is 2. The number of fused-ring (bicyclic) bond motifs is 1. The molecule has 0 saturated heterocycles. The van der Waals surface area contributed by atoms with E-state index < -0.39 is 5.69 Å². The number of thioether (sulfide) groups is 1. The topological polar surface area (TPSA) is 69.8 Å². The Morgan fingerprint density at radius 1 is 0.931 bits per heavy atom. The molecule has 0 spiro atoms. The molecule has 0 bridgehead atoms. The molecular weight excluding hydrogens is 384 g/mol. The van der Waals surface area contributed by atoms with E-state index in [4.69, 9.17) is 4.98 Å². The molecular formula is C22H20N4O2S. The van der Waals surface area contributed by atoms with Gasteiger partial charge in [0.05, 0.1) is 0 Å². The zero-order valence-corrected chi connectivity index (χ0v) is 17.2. The predicted molar refractivity (Wildman–Crippen MR) is 116 cm³/mol. The molecule has 4 rings (SSSR count). The summed E-state index contributed by atoms with van der Waals surface area (Å²) in [5.74, 6) is 1.15. The van der Waals surface area contributed by atoms with Crippen LogP contribution in [0.3, 0.4) is 0 Å². The summed E-state index contributed by atoms with van der Waals surface area (Å²) in [6, 6.07) is 17.8. The van der Waals surface area contributed by atoms with Gasteiger partial charge in [-0.3, -0.25) is 13.9 Å². The van der Waals surface area contributed by atoms with Crippen LogP contribution in [0.25, 0.3) is 22.4 Å². The lowest BCUT2D eigenvalue weighted by molar-refractivity contribution is 0.703. The molecule has 0 fully saturated rings. The van der Waals surface area contributed by atoms with Gasteiger partial charge in [-0.15, -0.1) is 11.8 Å². The van der Waals surface area contributed by atoms with Gasteiger partial charge in [-0.2, -0.15) is 0 Å². The molecule has 0 aliphatic carbocycles. The van der Waals surface area contributed by atoms with Crippen molar-refractivity contribution in [1.29, 1.82) is 0 Å². The number of nitrogens with zero attached hydrogens (tertiary/aromatic N) is 4. The molecule has 7 heteroatoms. The highest BCUT2D eigenvalue weighted by molar-refractivity contribution is 7.98. The Balaban J connectivity index is 1.92. The summed E-state index contributed by atoms with van der Waals surface area (Å²) >= 11 is 1.48. The number of aromatic nitrogens is 4. The van der Waals surface area contributed by atoms with Crippen LogP contribution in [-0.2, 0) is 19.8 Å². The summed E-state index contributed by atoms with van der Waals surface area (Å²) < 4.78 is 2.51. The Bertz CT molecular complexity index is 1330. The first-order valence-corrected chi connectivity index (χ1v) is 10.2. The van der Waals surface area contributed by atoms with Gasteiger partial charge in [0, 0.05) is 25.4 Å². The molecule has 0 atom stereocenters. The van der Waals surface area contributed by atoms with Gasteiger partial charge < -0.3 is 0 Å². The van der Waals surface area contributed by atoms with E-state index in [-0.39, 0.29) is 5.56 Å². The van der Waals surface area contributed by atoms with E-state index in [1.165, 1.54) is 28.9 Å². The first-order valence-electron chi connectivity index (χ1n) is 9.17. The van der Waals surface area contributed by atoms with Gasteiger partial charge in [-0.05, 0) is 12.5 Å². The van der Waals surface area contributed by atoms with Crippen LogP contribution in [-0.4, -0.2) is 19.1 Å². The first-order chi connectivity index (χ1) is 14.0. The van der Waals surface area contributed by atoms with Gasteiger partial charge in [0.25, 0.3) is 5.56 Å². The normalized spacial score (nSPS) is 11.1. The minimum Gasteiger partial charge on any atom is -0.280 e. The van der Waals surface area contributed by atoms with E-state index in [0.29, 0.717) is 27.6 Å². The van der Waals surface area contributed by atoms with E-state index >= 15 is 0 Å². The number of hydrogen-bond acceptors (Lipinski definition) is 5. The van der Waals surface area contributed by atoms with Gasteiger partial charge in [-0.1, -0.05) is 60.2 Å². The van der Waals surface area contributed by atoms with Gasteiger partial charge in [0.2, 0.25) is 0 Å². The third-order valence-corrected chi connectivity index (χ3v) is 5.80. The van der Waals surface area contributed by atoms with Crippen molar-refractivity contribution in [1.82, 2.24) is 19.1 Å². The molecule has 146 valence electrons. The molecule has 0 aliphatic heterocycles. The SMILES string of the molecule is Cc1cccc(CSc2nc(-c3ccccc3)nc3c2c(=O)n(C)c(=O)n3C)c1. The van der Waals surface area contributed by atoms with E-state index in [9.17, 15) is 9.59 Å². The van der Waals surface area contributed by atoms with Crippen LogP contribution in [0, 0.1) is 6.92 Å². The van der Waals surface area contributed by atoms with Gasteiger partial charge >= 0.3 is 5.69 Å². The van der Waals surface area contributed by atoms with Crippen molar-refractivity contribution >= 4 is 22.8 Å². The molecule has 0 N–H and O–H groups in total. The minimum absolute atomic E-state index is 0.346. The lowest BCUT2D eigenvalue weighted by Gasteiger charge is -2.12. The largest absolute Gasteiger partial charge is 0.332 e. The van der Waals surface area contributed by atoms with Crippen LogP contribution in [0.4, 0.5) is 0 Å². The fourth-order valence-corrected chi connectivity index (χ4v) is 4.16. The summed E-state index contributed by atoms with van der Waals surface area (Å²) in [4.78, 5) is 34.6. The highest BCUT2D eigenvalue weighted by Gasteiger charge is 2.18. The molecule has 6 nitrogen and oxygen atoms in total. The van der Waals surface area contributed by atoms with Crippen molar-refractivity contribution in [2.75, 3.05) is 0 Å². The summed E-state index contributed by atoms with van der Waals surface area (Å²) in [6.45, 7) is 2.05. The molecule has 0 saturated carbocycles. The predicted octanol–water partition coefficient (Wildman–Crippen LogP) is 3.29. The van der Waals surface area contributed by atoms with Gasteiger partial charge in [-0.25, -0.2) is 14.8 Å². The fraction of sp³-hybridized carbons (Fsp3) is 0.182. The van der Waals surface area contributed by atoms with Crippen molar-refractivity contribution in [2.24, 2.45) is 14.1 Å². The minimum atomic E-state index is -0.408. The first kappa shape index (κ1) is 19.1. The third kappa shape index (κ3) is 3.61. The van der Waals surface area contributed by atoms with Gasteiger partial charge in [0.1, 0.15) is 10.4 Å². The van der Waals surface area contributed by atoms with E-state index in [0.717, 1.165) is 15.7 Å². The van der Waals surface area contributed by atoms with Crippen LogP contribution in [0.5, 0.6) is 0 Å². The summed E-state index contributed by atoms with van der Waals surface area (Å²) in [5, 5.41) is 0.943. The second-order valence-electron chi connectivity index (χ2n) is 6.90. The number of benzene rings is 2. The molecule has 4 aromatic rings. The van der Waals surface area contributed by atoms with Crippen molar-refractivity contribution in [2.45, 2.75) is 17.7 Å². The Morgan fingerprint density at radius 3 is 2.41 bits per heavy atom. The average Bonchev–Trinajstić information content (AvgIpc) is 2.74. The zero-order chi connectivity index (χ0) is 20.5. The smallest absolute Gasteiger partial charge is 0.280 e. The fourth-order valence-electron chi connectivity index (χ4n) is 3.20. The number of hydrogen-bond donors (Lipinski definition) is 0. The Morgan fingerprint density at radius 2 is 1.69 bits per heavy atom. The molecule has 2 heterocycles. The monoisotopic (exact) mass is 404 g/mol. The van der Waals surface area contributed by atoms with E-state index in [2.05, 4.69) is 17.1 Å². The van der Waals surface area contributed by atoms with Crippen molar-refractivity contribution < 1.29 is 0 Å². The second kappa shape index (κ2) is 7.67. The quantitative estimate of drug-likeness (QED) is 0.386. The van der Waals surface area contributed by atoms with E-state index in [1.54, 1.807) is 7.05 Å². The molecule has 0 unspecified atom stereocenters. The Labute approximate surface area is 171 Å².